The van der Waals surface area contributed by atoms with Gasteiger partial charge in [-0.1, -0.05) is 29.8 Å². The zero-order valence-corrected chi connectivity index (χ0v) is 14.8. The van der Waals surface area contributed by atoms with E-state index in [0.29, 0.717) is 13.0 Å². The van der Waals surface area contributed by atoms with Gasteiger partial charge in [-0.25, -0.2) is 4.98 Å². The normalized spacial score (nSPS) is 15.4. The van der Waals surface area contributed by atoms with E-state index in [-0.39, 0.29) is 5.91 Å². The van der Waals surface area contributed by atoms with Gasteiger partial charge in [0.2, 0.25) is 5.91 Å². The van der Waals surface area contributed by atoms with Crippen molar-refractivity contribution in [2.45, 2.75) is 13.3 Å². The van der Waals surface area contributed by atoms with Crippen molar-refractivity contribution in [1.29, 1.82) is 0 Å². The molecule has 1 aromatic heterocycles. The fourth-order valence-corrected chi connectivity index (χ4v) is 3.43. The van der Waals surface area contributed by atoms with Crippen molar-refractivity contribution in [2.75, 3.05) is 39.4 Å². The number of ether oxygens (including phenoxy) is 1. The molecule has 1 saturated heterocycles. The summed E-state index contributed by atoms with van der Waals surface area (Å²) in [5.74, 6) is 0.0352. The highest BCUT2D eigenvalue weighted by atomic mass is 32.1. The minimum atomic E-state index is 0.0352. The average Bonchev–Trinajstić information content (AvgIpc) is 3.05. The molecule has 24 heavy (non-hydrogen) atoms. The van der Waals surface area contributed by atoms with Crippen LogP contribution in [0.5, 0.6) is 0 Å². The molecular formula is C18H23N3O2S. The number of carbonyl (C=O) groups excluding carboxylic acids is 1. The maximum atomic E-state index is 12.1. The summed E-state index contributed by atoms with van der Waals surface area (Å²) in [5, 5.41) is 5.85. The second-order valence-corrected chi connectivity index (χ2v) is 6.92. The molecule has 0 saturated carbocycles. The molecule has 0 spiro atoms. The molecule has 1 aliphatic heterocycles. The maximum Gasteiger partial charge on any atom is 0.226 e. The number of carbonyl (C=O) groups is 1. The van der Waals surface area contributed by atoms with Crippen LogP contribution in [0.3, 0.4) is 0 Å². The van der Waals surface area contributed by atoms with Crippen molar-refractivity contribution in [1.82, 2.24) is 15.2 Å². The number of hydrogen-bond donors (Lipinski definition) is 1. The predicted molar refractivity (Wildman–Crippen MR) is 96.3 cm³/mol. The molecule has 2 heterocycles. The average molecular weight is 345 g/mol. The molecule has 1 N–H and O–H groups in total. The molecule has 0 bridgehead atoms. The molecule has 1 fully saturated rings. The van der Waals surface area contributed by atoms with Crippen LogP contribution in [-0.2, 0) is 16.0 Å². The first-order valence-corrected chi connectivity index (χ1v) is 9.17. The first-order valence-electron chi connectivity index (χ1n) is 8.29. The number of thiazole rings is 1. The number of aromatic nitrogens is 1. The van der Waals surface area contributed by atoms with Crippen LogP contribution in [0, 0.1) is 6.92 Å². The molecular weight excluding hydrogens is 322 g/mol. The molecule has 5 nitrogen and oxygen atoms in total. The van der Waals surface area contributed by atoms with Crippen molar-refractivity contribution in [2.24, 2.45) is 0 Å². The molecule has 1 aliphatic rings. The van der Waals surface area contributed by atoms with Gasteiger partial charge in [-0.2, -0.15) is 0 Å². The SMILES string of the molecule is Cc1ccc(-c2csc(CC(=O)NCCN3CCOCC3)n2)cc1. The molecule has 6 heteroatoms. The fourth-order valence-electron chi connectivity index (χ4n) is 2.63. The topological polar surface area (TPSA) is 54.5 Å². The van der Waals surface area contributed by atoms with Crippen molar-refractivity contribution >= 4 is 17.2 Å². The minimum Gasteiger partial charge on any atom is -0.379 e. The van der Waals surface area contributed by atoms with Crippen LogP contribution < -0.4 is 5.32 Å². The Hall–Kier alpha value is -1.76. The maximum absolute atomic E-state index is 12.1. The Kier molecular flexibility index (Phi) is 5.96. The van der Waals surface area contributed by atoms with Gasteiger partial charge in [0.05, 0.1) is 25.3 Å². The summed E-state index contributed by atoms with van der Waals surface area (Å²) in [5.41, 5.74) is 3.26. The standard InChI is InChI=1S/C18H23N3O2S/c1-14-2-4-15(5-3-14)16-13-24-18(20-16)12-17(22)19-6-7-21-8-10-23-11-9-21/h2-5,13H,6-12H2,1H3,(H,19,22). The Morgan fingerprint density at radius 2 is 2.04 bits per heavy atom. The highest BCUT2D eigenvalue weighted by Gasteiger charge is 2.12. The zero-order chi connectivity index (χ0) is 16.8. The molecule has 0 radical (unpaired) electrons. The number of amides is 1. The Labute approximate surface area is 146 Å². The van der Waals surface area contributed by atoms with Crippen molar-refractivity contribution in [3.63, 3.8) is 0 Å². The van der Waals surface area contributed by atoms with E-state index < -0.39 is 0 Å². The van der Waals surface area contributed by atoms with Gasteiger partial charge in [0, 0.05) is 37.1 Å². The van der Waals surface area contributed by atoms with Gasteiger partial charge in [-0.3, -0.25) is 9.69 Å². The number of benzene rings is 1. The number of nitrogens with zero attached hydrogens (tertiary/aromatic N) is 2. The number of nitrogens with one attached hydrogen (secondary N) is 1. The Balaban J connectivity index is 1.45. The fraction of sp³-hybridized carbons (Fsp3) is 0.444. The van der Waals surface area contributed by atoms with Gasteiger partial charge >= 0.3 is 0 Å². The van der Waals surface area contributed by atoms with Crippen LogP contribution in [0.15, 0.2) is 29.6 Å². The van der Waals surface area contributed by atoms with Gasteiger partial charge in [0.15, 0.2) is 0 Å². The largest absolute Gasteiger partial charge is 0.379 e. The van der Waals surface area contributed by atoms with E-state index >= 15 is 0 Å². The van der Waals surface area contributed by atoms with E-state index in [1.54, 1.807) is 0 Å². The van der Waals surface area contributed by atoms with Crippen LogP contribution >= 0.6 is 11.3 Å². The zero-order valence-electron chi connectivity index (χ0n) is 14.0. The third-order valence-electron chi connectivity index (χ3n) is 4.06. The molecule has 0 atom stereocenters. The second kappa shape index (κ2) is 8.37. The van der Waals surface area contributed by atoms with Gasteiger partial charge in [-0.15, -0.1) is 11.3 Å². The van der Waals surface area contributed by atoms with E-state index in [0.717, 1.165) is 49.1 Å². The molecule has 3 rings (SSSR count). The first-order chi connectivity index (χ1) is 11.7. The van der Waals surface area contributed by atoms with E-state index in [2.05, 4.69) is 46.4 Å². The molecule has 128 valence electrons. The number of morpholine rings is 1. The summed E-state index contributed by atoms with van der Waals surface area (Å²) in [7, 11) is 0. The van der Waals surface area contributed by atoms with Crippen LogP contribution in [0.4, 0.5) is 0 Å². The smallest absolute Gasteiger partial charge is 0.226 e. The first kappa shape index (κ1) is 17.1. The summed E-state index contributed by atoms with van der Waals surface area (Å²) in [4.78, 5) is 18.9. The Morgan fingerprint density at radius 1 is 1.29 bits per heavy atom. The van der Waals surface area contributed by atoms with Crippen molar-refractivity contribution in [3.8, 4) is 11.3 Å². The summed E-state index contributed by atoms with van der Waals surface area (Å²) in [6.07, 6.45) is 0.347. The molecule has 0 aliphatic carbocycles. The lowest BCUT2D eigenvalue weighted by Crippen LogP contribution is -2.41. The molecule has 0 unspecified atom stereocenters. The third kappa shape index (κ3) is 4.87. The van der Waals surface area contributed by atoms with Crippen molar-refractivity contribution < 1.29 is 9.53 Å². The van der Waals surface area contributed by atoms with E-state index in [9.17, 15) is 4.79 Å². The Bertz CT molecular complexity index is 663. The van der Waals surface area contributed by atoms with Gasteiger partial charge in [0.1, 0.15) is 5.01 Å². The van der Waals surface area contributed by atoms with Crippen LogP contribution in [0.1, 0.15) is 10.6 Å². The quantitative estimate of drug-likeness (QED) is 0.871. The number of rotatable bonds is 6. The lowest BCUT2D eigenvalue weighted by Gasteiger charge is -2.26. The van der Waals surface area contributed by atoms with Crippen LogP contribution in [-0.4, -0.2) is 55.2 Å². The van der Waals surface area contributed by atoms with Crippen molar-refractivity contribution in [3.05, 3.63) is 40.2 Å². The highest BCUT2D eigenvalue weighted by molar-refractivity contribution is 7.10. The highest BCUT2D eigenvalue weighted by Crippen LogP contribution is 2.22. The lowest BCUT2D eigenvalue weighted by atomic mass is 10.1. The van der Waals surface area contributed by atoms with Gasteiger partial charge in [0.25, 0.3) is 0 Å². The monoisotopic (exact) mass is 345 g/mol. The van der Waals surface area contributed by atoms with Gasteiger partial charge < -0.3 is 10.1 Å². The summed E-state index contributed by atoms with van der Waals surface area (Å²) >= 11 is 1.54. The minimum absolute atomic E-state index is 0.0352. The second-order valence-electron chi connectivity index (χ2n) is 5.97. The Morgan fingerprint density at radius 3 is 2.79 bits per heavy atom. The summed E-state index contributed by atoms with van der Waals surface area (Å²) < 4.78 is 5.32. The molecule has 2 aromatic rings. The third-order valence-corrected chi connectivity index (χ3v) is 4.91. The number of aryl methyl sites for hydroxylation is 1. The summed E-state index contributed by atoms with van der Waals surface area (Å²) in [6.45, 7) is 7.09. The van der Waals surface area contributed by atoms with Crippen LogP contribution in [0.25, 0.3) is 11.3 Å². The van der Waals surface area contributed by atoms with Crippen LogP contribution in [0.2, 0.25) is 0 Å². The summed E-state index contributed by atoms with van der Waals surface area (Å²) in [6, 6.07) is 8.28. The lowest BCUT2D eigenvalue weighted by molar-refractivity contribution is -0.120. The van der Waals surface area contributed by atoms with E-state index in [4.69, 9.17) is 4.74 Å². The molecule has 1 aromatic carbocycles. The molecule has 1 amide bonds. The van der Waals surface area contributed by atoms with E-state index in [1.807, 2.05) is 5.38 Å². The van der Waals surface area contributed by atoms with E-state index in [1.165, 1.54) is 16.9 Å². The predicted octanol–water partition coefficient (Wildman–Crippen LogP) is 2.11. The number of hydrogen-bond acceptors (Lipinski definition) is 5. The van der Waals surface area contributed by atoms with Gasteiger partial charge in [-0.05, 0) is 6.92 Å².